The van der Waals surface area contributed by atoms with Crippen LogP contribution in [0.1, 0.15) is 20.8 Å². The maximum absolute atomic E-state index is 13.6. The van der Waals surface area contributed by atoms with Crippen LogP contribution in [0.25, 0.3) is 0 Å². The van der Waals surface area contributed by atoms with Crippen molar-refractivity contribution in [2.24, 2.45) is 0 Å². The summed E-state index contributed by atoms with van der Waals surface area (Å²) in [5, 5.41) is 11.1. The summed E-state index contributed by atoms with van der Waals surface area (Å²) in [4.78, 5) is 30.2. The van der Waals surface area contributed by atoms with E-state index in [1.807, 2.05) is 0 Å². The number of nitrogens with one attached hydrogen (secondary N) is 1. The highest BCUT2D eigenvalue weighted by Gasteiger charge is 2.19. The van der Waals surface area contributed by atoms with Crippen molar-refractivity contribution < 1.29 is 19.1 Å². The molecule has 0 unspecified atom stereocenters. The zero-order valence-electron chi connectivity index (χ0n) is 9.80. The Morgan fingerprint density at radius 2 is 1.95 bits per heavy atom. The van der Waals surface area contributed by atoms with Crippen molar-refractivity contribution in [3.63, 3.8) is 0 Å². The average Bonchev–Trinajstić information content (AvgIpc) is 2.38. The number of benzene rings is 1. The van der Waals surface area contributed by atoms with Crippen LogP contribution in [0.4, 0.5) is 10.2 Å². The molecule has 0 atom stereocenters. The van der Waals surface area contributed by atoms with Crippen LogP contribution in [-0.2, 0) is 0 Å². The van der Waals surface area contributed by atoms with Crippen LogP contribution in [0.3, 0.4) is 0 Å². The first-order valence-corrected chi connectivity index (χ1v) is 6.09. The normalized spacial score (nSPS) is 10.1. The van der Waals surface area contributed by atoms with E-state index in [1.165, 1.54) is 24.5 Å². The van der Waals surface area contributed by atoms with Crippen LogP contribution < -0.4 is 5.32 Å². The fraction of sp³-hybridized carbons (Fsp3) is 0. The van der Waals surface area contributed by atoms with Gasteiger partial charge in [-0.05, 0) is 28.1 Å². The van der Waals surface area contributed by atoms with E-state index < -0.39 is 23.4 Å². The maximum atomic E-state index is 13.6. The van der Waals surface area contributed by atoms with Crippen LogP contribution in [0, 0.1) is 5.82 Å². The van der Waals surface area contributed by atoms with Crippen LogP contribution in [0.2, 0.25) is 0 Å². The monoisotopic (exact) mass is 339 g/mol. The van der Waals surface area contributed by atoms with Crippen molar-refractivity contribution >= 4 is 33.6 Å². The summed E-state index contributed by atoms with van der Waals surface area (Å²) < 4.78 is 13.9. The summed E-state index contributed by atoms with van der Waals surface area (Å²) in [6, 6.07) is 4.04. The molecule has 0 saturated carbocycles. The highest BCUT2D eigenvalue weighted by molar-refractivity contribution is 9.10. The number of hydrogen-bond acceptors (Lipinski definition) is 4. The maximum Gasteiger partial charge on any atom is 0.358 e. The minimum atomic E-state index is -1.35. The number of carboxylic acids is 1. The second-order valence-corrected chi connectivity index (χ2v) is 4.46. The third-order valence-electron chi connectivity index (χ3n) is 2.32. The second-order valence-electron chi connectivity index (χ2n) is 3.61. The van der Waals surface area contributed by atoms with E-state index in [9.17, 15) is 14.0 Å². The molecule has 0 bridgehead atoms. The molecular weight excluding hydrogens is 333 g/mol. The number of anilines is 1. The fourth-order valence-electron chi connectivity index (χ4n) is 1.47. The standard InChI is InChI=1S/C12H7BrFN3O3/c13-6-2-1-3-7(14)8(6)11(18)17-10-9(12(19)20)15-4-5-16-10/h1-5H,(H,19,20)(H,16,17,18). The van der Waals surface area contributed by atoms with Gasteiger partial charge in [0.15, 0.2) is 11.5 Å². The van der Waals surface area contributed by atoms with Gasteiger partial charge in [0.25, 0.3) is 5.91 Å². The van der Waals surface area contributed by atoms with Crippen molar-refractivity contribution in [1.82, 2.24) is 9.97 Å². The Balaban J connectivity index is 2.36. The SMILES string of the molecule is O=C(O)c1nccnc1NC(=O)c1c(F)cccc1Br. The van der Waals surface area contributed by atoms with Gasteiger partial charge in [-0.3, -0.25) is 4.79 Å². The average molecular weight is 340 g/mol. The van der Waals surface area contributed by atoms with Gasteiger partial charge in [0.05, 0.1) is 5.56 Å². The molecule has 1 aromatic carbocycles. The fourth-order valence-corrected chi connectivity index (χ4v) is 1.99. The van der Waals surface area contributed by atoms with Crippen LogP contribution in [-0.4, -0.2) is 27.0 Å². The van der Waals surface area contributed by atoms with Crippen molar-refractivity contribution in [2.75, 3.05) is 5.32 Å². The molecule has 6 nitrogen and oxygen atoms in total. The molecule has 0 aliphatic rings. The Kier molecular flexibility index (Phi) is 4.04. The highest BCUT2D eigenvalue weighted by Crippen LogP contribution is 2.21. The smallest absolute Gasteiger partial charge is 0.358 e. The van der Waals surface area contributed by atoms with E-state index in [4.69, 9.17) is 5.11 Å². The molecule has 2 N–H and O–H groups in total. The van der Waals surface area contributed by atoms with Crippen molar-refractivity contribution in [3.05, 3.63) is 52.1 Å². The number of carboxylic acid groups (broad SMARTS) is 1. The Hall–Kier alpha value is -2.35. The molecule has 20 heavy (non-hydrogen) atoms. The largest absolute Gasteiger partial charge is 0.476 e. The molecule has 2 rings (SSSR count). The minimum Gasteiger partial charge on any atom is -0.476 e. The van der Waals surface area contributed by atoms with E-state index in [-0.39, 0.29) is 15.9 Å². The van der Waals surface area contributed by atoms with Crippen LogP contribution in [0.5, 0.6) is 0 Å². The van der Waals surface area contributed by atoms with Crippen molar-refractivity contribution in [1.29, 1.82) is 0 Å². The zero-order valence-corrected chi connectivity index (χ0v) is 11.4. The van der Waals surface area contributed by atoms with Gasteiger partial charge in [-0.1, -0.05) is 6.07 Å². The molecule has 1 aromatic heterocycles. The molecule has 0 aliphatic carbocycles. The van der Waals surface area contributed by atoms with Crippen molar-refractivity contribution in [3.8, 4) is 0 Å². The van der Waals surface area contributed by atoms with Gasteiger partial charge in [-0.2, -0.15) is 0 Å². The van der Waals surface area contributed by atoms with E-state index >= 15 is 0 Å². The first-order chi connectivity index (χ1) is 9.50. The Labute approximate surface area is 120 Å². The molecular formula is C12H7BrFN3O3. The molecule has 0 saturated heterocycles. The third kappa shape index (κ3) is 2.80. The topological polar surface area (TPSA) is 92.2 Å². The number of amides is 1. The second kappa shape index (κ2) is 5.74. The third-order valence-corrected chi connectivity index (χ3v) is 2.98. The van der Waals surface area contributed by atoms with E-state index in [1.54, 1.807) is 0 Å². The van der Waals surface area contributed by atoms with Gasteiger partial charge in [0.2, 0.25) is 0 Å². The lowest BCUT2D eigenvalue weighted by molar-refractivity contribution is 0.0691. The first-order valence-electron chi connectivity index (χ1n) is 5.30. The number of carbonyl (C=O) groups excluding carboxylic acids is 1. The lowest BCUT2D eigenvalue weighted by Gasteiger charge is -2.08. The quantitative estimate of drug-likeness (QED) is 0.895. The summed E-state index contributed by atoms with van der Waals surface area (Å²) >= 11 is 3.06. The summed E-state index contributed by atoms with van der Waals surface area (Å²) in [6.45, 7) is 0. The number of rotatable bonds is 3. The molecule has 8 heteroatoms. The number of carbonyl (C=O) groups is 2. The lowest BCUT2D eigenvalue weighted by Crippen LogP contribution is -2.18. The number of aromatic nitrogens is 2. The Morgan fingerprint density at radius 3 is 2.60 bits per heavy atom. The van der Waals surface area contributed by atoms with Gasteiger partial charge in [-0.15, -0.1) is 0 Å². The molecule has 1 amide bonds. The zero-order chi connectivity index (χ0) is 14.7. The Morgan fingerprint density at radius 1 is 1.25 bits per heavy atom. The summed E-state index contributed by atoms with van der Waals surface area (Å²) in [6.07, 6.45) is 2.40. The number of aromatic carboxylic acids is 1. The molecule has 0 aliphatic heterocycles. The molecule has 102 valence electrons. The van der Waals surface area contributed by atoms with Gasteiger partial charge < -0.3 is 10.4 Å². The lowest BCUT2D eigenvalue weighted by atomic mass is 10.2. The van der Waals surface area contributed by atoms with Gasteiger partial charge in [-0.25, -0.2) is 19.2 Å². The minimum absolute atomic E-state index is 0.241. The van der Waals surface area contributed by atoms with E-state index in [2.05, 4.69) is 31.2 Å². The predicted molar refractivity (Wildman–Crippen MR) is 71.0 cm³/mol. The molecule has 2 aromatic rings. The molecule has 0 radical (unpaired) electrons. The number of hydrogen-bond donors (Lipinski definition) is 2. The molecule has 0 spiro atoms. The van der Waals surface area contributed by atoms with Crippen molar-refractivity contribution in [2.45, 2.75) is 0 Å². The summed E-state index contributed by atoms with van der Waals surface area (Å²) in [5.41, 5.74) is -0.664. The first kappa shape index (κ1) is 14.1. The van der Waals surface area contributed by atoms with Crippen LogP contribution >= 0.6 is 15.9 Å². The van der Waals surface area contributed by atoms with E-state index in [0.717, 1.165) is 6.07 Å². The highest BCUT2D eigenvalue weighted by atomic mass is 79.9. The predicted octanol–water partition coefficient (Wildman–Crippen LogP) is 2.33. The molecule has 0 fully saturated rings. The van der Waals surface area contributed by atoms with Crippen LogP contribution in [0.15, 0.2) is 35.1 Å². The van der Waals surface area contributed by atoms with Gasteiger partial charge >= 0.3 is 5.97 Å². The van der Waals surface area contributed by atoms with Gasteiger partial charge in [0.1, 0.15) is 5.82 Å². The molecule has 1 heterocycles. The number of nitrogens with zero attached hydrogens (tertiary/aromatic N) is 2. The summed E-state index contributed by atoms with van der Waals surface area (Å²) in [5.74, 6) is -3.16. The summed E-state index contributed by atoms with van der Waals surface area (Å²) in [7, 11) is 0. The Bertz CT molecular complexity index is 673. The van der Waals surface area contributed by atoms with E-state index in [0.29, 0.717) is 0 Å². The van der Waals surface area contributed by atoms with Gasteiger partial charge in [0, 0.05) is 16.9 Å². The number of halogens is 2.